The van der Waals surface area contributed by atoms with Gasteiger partial charge in [-0.3, -0.25) is 14.8 Å². The number of guanidine groups is 2. The monoisotopic (exact) mass is 627 g/mol. The normalized spacial score (nSPS) is 11.2. The lowest BCUT2D eigenvalue weighted by Gasteiger charge is -2.17. The van der Waals surface area contributed by atoms with Crippen LogP contribution in [-0.4, -0.2) is 94.8 Å². The van der Waals surface area contributed by atoms with E-state index < -0.39 is 5.97 Å². The Labute approximate surface area is 265 Å². The van der Waals surface area contributed by atoms with Crippen LogP contribution >= 0.6 is 0 Å². The predicted molar refractivity (Wildman–Crippen MR) is 178 cm³/mol. The molecule has 0 saturated heterocycles. The number of ether oxygens (including phenoxy) is 3. The van der Waals surface area contributed by atoms with Crippen LogP contribution in [0.3, 0.4) is 0 Å². The van der Waals surface area contributed by atoms with Crippen molar-refractivity contribution in [3.63, 3.8) is 0 Å². The van der Waals surface area contributed by atoms with Crippen LogP contribution in [-0.2, 0) is 16.1 Å². The first-order valence-electron chi connectivity index (χ1n) is 15.2. The van der Waals surface area contributed by atoms with Crippen molar-refractivity contribution in [3.05, 3.63) is 53.6 Å². The van der Waals surface area contributed by atoms with Crippen molar-refractivity contribution < 1.29 is 23.8 Å². The van der Waals surface area contributed by atoms with Crippen molar-refractivity contribution in [2.45, 2.75) is 33.2 Å². The van der Waals surface area contributed by atoms with Gasteiger partial charge in [0, 0.05) is 37.9 Å². The molecule has 45 heavy (non-hydrogen) atoms. The quantitative estimate of drug-likeness (QED) is 0.0503. The molecule has 2 rings (SSSR count). The van der Waals surface area contributed by atoms with E-state index in [1.807, 2.05) is 6.07 Å². The third-order valence-corrected chi connectivity index (χ3v) is 6.62. The lowest BCUT2D eigenvalue weighted by molar-refractivity contribution is -0.118. The molecule has 9 N–H and O–H groups in total. The minimum absolute atomic E-state index is 0.0912. The maximum absolute atomic E-state index is 12.6. The highest BCUT2D eigenvalue weighted by atomic mass is 16.5. The number of unbranched alkanes of at least 4 members (excludes halogenated alkanes) is 1. The molecule has 2 aromatic rings. The fourth-order valence-electron chi connectivity index (χ4n) is 4.06. The number of hydrogen-bond acceptors (Lipinski definition) is 9. The van der Waals surface area contributed by atoms with E-state index in [0.717, 1.165) is 38.0 Å². The first kappa shape index (κ1) is 36.6. The van der Waals surface area contributed by atoms with Crippen LogP contribution in [0, 0.1) is 0 Å². The van der Waals surface area contributed by atoms with Gasteiger partial charge in [0.05, 0.1) is 12.1 Å². The van der Waals surface area contributed by atoms with Crippen molar-refractivity contribution in [1.82, 2.24) is 15.5 Å². The fourth-order valence-corrected chi connectivity index (χ4v) is 4.06. The largest absolute Gasteiger partial charge is 0.491 e. The Morgan fingerprint density at radius 1 is 0.933 bits per heavy atom. The number of carbonyl (C=O) groups excluding carboxylic acids is 2. The molecule has 248 valence electrons. The van der Waals surface area contributed by atoms with Crippen LogP contribution in [0.4, 0.5) is 5.69 Å². The Morgan fingerprint density at radius 3 is 2.38 bits per heavy atom. The summed E-state index contributed by atoms with van der Waals surface area (Å²) in [5, 5.41) is 9.13. The highest BCUT2D eigenvalue weighted by Crippen LogP contribution is 2.24. The van der Waals surface area contributed by atoms with Gasteiger partial charge in [0.2, 0.25) is 0 Å². The Bertz CT molecular complexity index is 1230. The highest BCUT2D eigenvalue weighted by Gasteiger charge is 2.11. The van der Waals surface area contributed by atoms with E-state index in [1.54, 1.807) is 43.4 Å². The number of likely N-dealkylation sites (N-methyl/N-ethyl adjacent to an activating group) is 1. The van der Waals surface area contributed by atoms with Crippen LogP contribution < -0.4 is 42.6 Å². The van der Waals surface area contributed by atoms with Crippen molar-refractivity contribution in [2.75, 3.05) is 71.5 Å². The van der Waals surface area contributed by atoms with Crippen LogP contribution in [0.1, 0.15) is 42.6 Å². The molecule has 0 spiro atoms. The van der Waals surface area contributed by atoms with E-state index in [0.29, 0.717) is 68.1 Å². The Kier molecular flexibility index (Phi) is 17.3. The van der Waals surface area contributed by atoms with Crippen molar-refractivity contribution in [3.8, 4) is 11.5 Å². The van der Waals surface area contributed by atoms with Gasteiger partial charge in [-0.25, -0.2) is 4.79 Å². The summed E-state index contributed by atoms with van der Waals surface area (Å²) in [5.41, 5.74) is 18.2. The molecular weight excluding hydrogens is 578 g/mol. The zero-order valence-corrected chi connectivity index (χ0v) is 26.6. The van der Waals surface area contributed by atoms with E-state index in [2.05, 4.69) is 44.7 Å². The summed E-state index contributed by atoms with van der Waals surface area (Å²) in [7, 11) is 1.60. The minimum Gasteiger partial charge on any atom is -0.491 e. The summed E-state index contributed by atoms with van der Waals surface area (Å²) in [4.78, 5) is 34.9. The molecule has 0 bridgehead atoms. The molecule has 0 aromatic heterocycles. The topological polar surface area (TPSA) is 204 Å². The van der Waals surface area contributed by atoms with Crippen LogP contribution in [0.2, 0.25) is 0 Å². The zero-order valence-electron chi connectivity index (χ0n) is 26.6. The summed E-state index contributed by atoms with van der Waals surface area (Å²) in [6.07, 6.45) is 1.74. The minimum atomic E-state index is -0.401. The number of nitrogens with zero attached hydrogens (tertiary/aromatic N) is 3. The second-order valence-electron chi connectivity index (χ2n) is 9.92. The molecule has 14 heteroatoms. The van der Waals surface area contributed by atoms with E-state index >= 15 is 0 Å². The average Bonchev–Trinajstić information content (AvgIpc) is 3.04. The molecule has 0 saturated carbocycles. The smallest absolute Gasteiger partial charge is 0.338 e. The van der Waals surface area contributed by atoms with Gasteiger partial charge < -0.3 is 52.3 Å². The maximum Gasteiger partial charge on any atom is 0.338 e. The van der Waals surface area contributed by atoms with Crippen molar-refractivity contribution in [1.29, 1.82) is 0 Å². The van der Waals surface area contributed by atoms with Gasteiger partial charge in [-0.2, -0.15) is 0 Å². The number of hydrogen-bond donors (Lipinski definition) is 6. The number of aliphatic imine (C=N–C) groups is 2. The van der Waals surface area contributed by atoms with E-state index in [4.69, 9.17) is 31.4 Å². The third kappa shape index (κ3) is 15.1. The molecule has 0 atom stereocenters. The predicted octanol–water partition coefficient (Wildman–Crippen LogP) is 1.26. The highest BCUT2D eigenvalue weighted by molar-refractivity contribution is 5.93. The molecule has 0 fully saturated rings. The van der Waals surface area contributed by atoms with Crippen LogP contribution in [0.25, 0.3) is 0 Å². The van der Waals surface area contributed by atoms with Gasteiger partial charge in [-0.05, 0) is 74.9 Å². The Balaban J connectivity index is 1.89. The average molecular weight is 628 g/mol. The van der Waals surface area contributed by atoms with Gasteiger partial charge in [0.1, 0.15) is 24.7 Å². The number of nitrogens with two attached hydrogens (primary N) is 3. The van der Waals surface area contributed by atoms with Gasteiger partial charge in [-0.1, -0.05) is 13.8 Å². The summed E-state index contributed by atoms with van der Waals surface area (Å²) >= 11 is 0. The molecule has 0 aliphatic heterocycles. The molecular formula is C31H49N9O5. The molecule has 0 aliphatic carbocycles. The van der Waals surface area contributed by atoms with Crippen molar-refractivity contribution >= 4 is 29.5 Å². The van der Waals surface area contributed by atoms with Crippen LogP contribution in [0.15, 0.2) is 52.4 Å². The standard InChI is InChI=1S/C31H49N9O5/c1-4-40(5-2)17-19-44-29(42)23-8-10-25(11-9-23)39-28(41)22-45-26-12-13-27(43-18-16-38-31(34)35-3)24(20-26)21-36-14-6-7-15-37-30(32)33/h8-13,20,36H,4-7,14-19,21-22H2,1-3H3,(H,39,41)(H4,32,33,37)(H3,34,35,38). The maximum atomic E-state index is 12.6. The molecule has 1 amide bonds. The number of rotatable bonds is 21. The summed E-state index contributed by atoms with van der Waals surface area (Å²) in [6.45, 7) is 9.45. The number of benzene rings is 2. The number of carbonyl (C=O) groups is 2. The number of amides is 1. The van der Waals surface area contributed by atoms with Gasteiger partial charge in [0.25, 0.3) is 5.91 Å². The molecule has 0 heterocycles. The molecule has 0 unspecified atom stereocenters. The SMILES string of the molecule is CCN(CC)CCOC(=O)c1ccc(NC(=O)COc2ccc(OCCNC(N)=NC)c(CNCCCCN=C(N)N)c2)cc1. The summed E-state index contributed by atoms with van der Waals surface area (Å²) < 4.78 is 17.1. The van der Waals surface area contributed by atoms with Gasteiger partial charge in [0.15, 0.2) is 18.5 Å². The lowest BCUT2D eigenvalue weighted by Crippen LogP contribution is -2.34. The summed E-state index contributed by atoms with van der Waals surface area (Å²) in [5.74, 6) is 0.885. The van der Waals surface area contributed by atoms with E-state index in [1.165, 1.54) is 0 Å². The first-order chi connectivity index (χ1) is 21.7. The first-order valence-corrected chi connectivity index (χ1v) is 15.2. The Morgan fingerprint density at radius 2 is 1.69 bits per heavy atom. The fraction of sp³-hybridized carbons (Fsp3) is 0.484. The lowest BCUT2D eigenvalue weighted by atomic mass is 10.2. The van der Waals surface area contributed by atoms with E-state index in [9.17, 15) is 9.59 Å². The molecule has 14 nitrogen and oxygen atoms in total. The van der Waals surface area contributed by atoms with Gasteiger partial charge in [-0.15, -0.1) is 0 Å². The van der Waals surface area contributed by atoms with Gasteiger partial charge >= 0.3 is 5.97 Å². The molecule has 0 radical (unpaired) electrons. The second kappa shape index (κ2) is 21.2. The van der Waals surface area contributed by atoms with Crippen LogP contribution in [0.5, 0.6) is 11.5 Å². The molecule has 0 aliphatic rings. The number of esters is 1. The second-order valence-corrected chi connectivity index (χ2v) is 9.92. The zero-order chi connectivity index (χ0) is 32.9. The third-order valence-electron chi connectivity index (χ3n) is 6.62. The van der Waals surface area contributed by atoms with E-state index in [-0.39, 0.29) is 18.5 Å². The number of nitrogens with one attached hydrogen (secondary N) is 3. The Hall–Kier alpha value is -4.56. The summed E-state index contributed by atoms with van der Waals surface area (Å²) in [6, 6.07) is 11.9. The van der Waals surface area contributed by atoms with Crippen molar-refractivity contribution in [2.24, 2.45) is 27.2 Å². The molecule has 2 aromatic carbocycles. The number of anilines is 1.